The first-order valence-electron chi connectivity index (χ1n) is 10.7. The van der Waals surface area contributed by atoms with Crippen LogP contribution in [0.25, 0.3) is 0 Å². The fourth-order valence-electron chi connectivity index (χ4n) is 3.90. The minimum Gasteiger partial charge on any atom is -0.506 e. The largest absolute Gasteiger partial charge is 0.506 e. The number of phenols is 1. The van der Waals surface area contributed by atoms with Crippen molar-refractivity contribution in [3.05, 3.63) is 80.8 Å². The predicted octanol–water partition coefficient (Wildman–Crippen LogP) is 6.67. The zero-order valence-electron chi connectivity index (χ0n) is 19.9. The quantitative estimate of drug-likeness (QED) is 0.464. The second-order valence-corrected chi connectivity index (χ2v) is 9.48. The van der Waals surface area contributed by atoms with Crippen LogP contribution in [0, 0.1) is 34.6 Å². The first-order valence-corrected chi connectivity index (χ1v) is 10.7. The van der Waals surface area contributed by atoms with Crippen LogP contribution in [-0.2, 0) is 11.8 Å². The van der Waals surface area contributed by atoms with E-state index in [9.17, 15) is 9.90 Å². The van der Waals surface area contributed by atoms with Gasteiger partial charge in [-0.15, -0.1) is 0 Å². The van der Waals surface area contributed by atoms with Gasteiger partial charge in [0.25, 0.3) is 5.91 Å². The molecule has 0 atom stereocenters. The topological polar surface area (TPSA) is 62.5 Å². The molecule has 2 N–H and O–H groups in total. The maximum atomic E-state index is 12.8. The summed E-state index contributed by atoms with van der Waals surface area (Å²) in [5, 5.41) is 13.0. The fraction of sp³-hybridized carbons (Fsp3) is 0.370. The summed E-state index contributed by atoms with van der Waals surface area (Å²) in [6, 6.07) is 8.82. The molecule has 4 heteroatoms. The average Bonchev–Trinajstić information content (AvgIpc) is 3.18. The maximum Gasteiger partial charge on any atom is 0.291 e. The Morgan fingerprint density at radius 2 is 1.48 bits per heavy atom. The second kappa shape index (κ2) is 8.26. The SMILES string of the molecule is Cc1c(C)c(C)c(Cc2ccc(C(=O)Nc3cc(C(C)(C)C)ccc3O)o2)c(C)c1C. The number of anilines is 1. The van der Waals surface area contributed by atoms with Gasteiger partial charge >= 0.3 is 0 Å². The molecule has 1 heterocycles. The molecule has 0 unspecified atom stereocenters. The third-order valence-corrected chi connectivity index (χ3v) is 6.50. The summed E-state index contributed by atoms with van der Waals surface area (Å²) < 4.78 is 5.89. The summed E-state index contributed by atoms with van der Waals surface area (Å²) in [6.07, 6.45) is 0.637. The fourth-order valence-corrected chi connectivity index (χ4v) is 3.90. The van der Waals surface area contributed by atoms with Crippen LogP contribution in [-0.4, -0.2) is 11.0 Å². The van der Waals surface area contributed by atoms with E-state index in [-0.39, 0.29) is 22.8 Å². The van der Waals surface area contributed by atoms with Crippen molar-refractivity contribution >= 4 is 11.6 Å². The Kier molecular flexibility index (Phi) is 6.04. The molecule has 1 aromatic heterocycles. The van der Waals surface area contributed by atoms with Crippen molar-refractivity contribution in [3.8, 4) is 5.75 Å². The van der Waals surface area contributed by atoms with Crippen molar-refractivity contribution in [2.75, 3.05) is 5.32 Å². The Bertz CT molecular complexity index is 1120. The first-order chi connectivity index (χ1) is 14.4. The van der Waals surface area contributed by atoms with Crippen LogP contribution in [0.5, 0.6) is 5.75 Å². The molecule has 2 aromatic carbocycles. The van der Waals surface area contributed by atoms with E-state index in [0.717, 1.165) is 11.3 Å². The molecule has 1 amide bonds. The second-order valence-electron chi connectivity index (χ2n) is 9.48. The number of carbonyl (C=O) groups excluding carboxylic acids is 1. The highest BCUT2D eigenvalue weighted by molar-refractivity contribution is 6.03. The Labute approximate surface area is 185 Å². The van der Waals surface area contributed by atoms with Crippen molar-refractivity contribution < 1.29 is 14.3 Å². The van der Waals surface area contributed by atoms with Crippen molar-refractivity contribution in [3.63, 3.8) is 0 Å². The normalized spacial score (nSPS) is 11.6. The number of hydrogen-bond donors (Lipinski definition) is 2. The van der Waals surface area contributed by atoms with Crippen molar-refractivity contribution in [1.29, 1.82) is 0 Å². The Morgan fingerprint density at radius 3 is 2.06 bits per heavy atom. The molecule has 0 aliphatic rings. The third-order valence-electron chi connectivity index (χ3n) is 6.50. The first kappa shape index (κ1) is 22.7. The van der Waals surface area contributed by atoms with Crippen LogP contribution in [0.4, 0.5) is 5.69 Å². The van der Waals surface area contributed by atoms with Crippen LogP contribution in [0.3, 0.4) is 0 Å². The molecule has 164 valence electrons. The Hall–Kier alpha value is -3.01. The van der Waals surface area contributed by atoms with Gasteiger partial charge in [0.1, 0.15) is 11.5 Å². The van der Waals surface area contributed by atoms with Crippen molar-refractivity contribution in [1.82, 2.24) is 0 Å². The van der Waals surface area contributed by atoms with Crippen molar-refractivity contribution in [2.24, 2.45) is 0 Å². The van der Waals surface area contributed by atoms with E-state index in [4.69, 9.17) is 4.42 Å². The van der Waals surface area contributed by atoms with Gasteiger partial charge in [-0.3, -0.25) is 4.79 Å². The summed E-state index contributed by atoms with van der Waals surface area (Å²) in [5.41, 5.74) is 9.04. The van der Waals surface area contributed by atoms with E-state index < -0.39 is 0 Å². The van der Waals surface area contributed by atoms with E-state index in [1.165, 1.54) is 33.4 Å². The number of benzene rings is 2. The summed E-state index contributed by atoms with van der Waals surface area (Å²) in [4.78, 5) is 12.8. The standard InChI is InChI=1S/C27H33NO3/c1-15-16(2)18(4)22(19(5)17(15)3)14-21-10-12-25(31-21)26(30)28-23-13-20(27(6,7)8)9-11-24(23)29/h9-13,29H,14H2,1-8H3,(H,28,30). The molecule has 4 nitrogen and oxygen atoms in total. The minimum absolute atomic E-state index is 0.0324. The van der Waals surface area contributed by atoms with Crippen LogP contribution in [0.15, 0.2) is 34.7 Å². The Morgan fingerprint density at radius 1 is 0.903 bits per heavy atom. The highest BCUT2D eigenvalue weighted by Gasteiger charge is 2.19. The molecule has 3 rings (SSSR count). The minimum atomic E-state index is -0.377. The van der Waals surface area contributed by atoms with Gasteiger partial charge in [0.05, 0.1) is 5.69 Å². The van der Waals surface area contributed by atoms with E-state index in [1.54, 1.807) is 12.1 Å². The van der Waals surface area contributed by atoms with Gasteiger partial charge in [-0.05, 0) is 103 Å². The maximum absolute atomic E-state index is 12.8. The number of phenolic OH excluding ortho intramolecular Hbond substituents is 1. The van der Waals surface area contributed by atoms with E-state index >= 15 is 0 Å². The molecule has 0 fully saturated rings. The molecule has 0 aliphatic carbocycles. The summed E-state index contributed by atoms with van der Waals surface area (Å²) in [6.45, 7) is 17.0. The smallest absolute Gasteiger partial charge is 0.291 e. The zero-order valence-corrected chi connectivity index (χ0v) is 19.9. The van der Waals surface area contributed by atoms with Gasteiger partial charge in [-0.1, -0.05) is 26.8 Å². The molecule has 0 spiro atoms. The number of rotatable bonds is 4. The lowest BCUT2D eigenvalue weighted by atomic mass is 9.87. The molecular formula is C27H33NO3. The molecule has 0 saturated heterocycles. The number of nitrogens with one attached hydrogen (secondary N) is 1. The van der Waals surface area contributed by atoms with Crippen LogP contribution in [0.2, 0.25) is 0 Å². The summed E-state index contributed by atoms with van der Waals surface area (Å²) in [5.74, 6) is 0.625. The van der Waals surface area contributed by atoms with Gasteiger partial charge in [0.2, 0.25) is 0 Å². The van der Waals surface area contributed by atoms with Gasteiger partial charge in [-0.25, -0.2) is 0 Å². The third kappa shape index (κ3) is 4.53. The zero-order chi connectivity index (χ0) is 23.1. The molecule has 31 heavy (non-hydrogen) atoms. The molecule has 0 radical (unpaired) electrons. The van der Waals surface area contributed by atoms with Gasteiger partial charge < -0.3 is 14.8 Å². The van der Waals surface area contributed by atoms with Crippen LogP contribution >= 0.6 is 0 Å². The van der Waals surface area contributed by atoms with E-state index in [2.05, 4.69) is 60.7 Å². The molecule has 0 saturated carbocycles. The predicted molar refractivity (Wildman–Crippen MR) is 126 cm³/mol. The van der Waals surface area contributed by atoms with Gasteiger partial charge in [0, 0.05) is 6.42 Å². The Balaban J connectivity index is 1.83. The molecule has 0 bridgehead atoms. The molecule has 3 aromatic rings. The van der Waals surface area contributed by atoms with Crippen molar-refractivity contribution in [2.45, 2.75) is 67.2 Å². The van der Waals surface area contributed by atoms with E-state index in [1.807, 2.05) is 18.2 Å². The number of hydrogen-bond acceptors (Lipinski definition) is 3. The lowest BCUT2D eigenvalue weighted by Crippen LogP contribution is -2.14. The highest BCUT2D eigenvalue weighted by atomic mass is 16.3. The van der Waals surface area contributed by atoms with Crippen LogP contribution in [0.1, 0.15) is 76.0 Å². The highest BCUT2D eigenvalue weighted by Crippen LogP contribution is 2.32. The lowest BCUT2D eigenvalue weighted by molar-refractivity contribution is 0.0994. The molecular weight excluding hydrogens is 386 g/mol. The number of aromatic hydroxyl groups is 1. The molecule has 0 aliphatic heterocycles. The van der Waals surface area contributed by atoms with Crippen LogP contribution < -0.4 is 5.32 Å². The number of amides is 1. The monoisotopic (exact) mass is 419 g/mol. The van der Waals surface area contributed by atoms with E-state index in [0.29, 0.717) is 12.1 Å². The van der Waals surface area contributed by atoms with Gasteiger partial charge in [0.15, 0.2) is 5.76 Å². The lowest BCUT2D eigenvalue weighted by Gasteiger charge is -2.20. The summed E-state index contributed by atoms with van der Waals surface area (Å²) in [7, 11) is 0. The van der Waals surface area contributed by atoms with Gasteiger partial charge in [-0.2, -0.15) is 0 Å². The average molecular weight is 420 g/mol. The summed E-state index contributed by atoms with van der Waals surface area (Å²) >= 11 is 0. The number of carbonyl (C=O) groups is 1. The number of furan rings is 1.